The lowest BCUT2D eigenvalue weighted by molar-refractivity contribution is -0.169. The zero-order valence-electron chi connectivity index (χ0n) is 19.2. The maximum atomic E-state index is 13.5. The Morgan fingerprint density at radius 3 is 2.21 bits per heavy atom. The summed E-state index contributed by atoms with van der Waals surface area (Å²) < 4.78 is 46.7. The molecule has 3 saturated heterocycles. The fraction of sp³-hybridized carbons (Fsp3) is 0.625. The standard InChI is InChI=1S/C24H28F3N3O4/c1-22-13-29(9-5-3-4-6-10-31)14-23(2,34-22)19-18(22)20(32)30(21(19)33)16-8-7-15(12-28)17(11-16)24(25,26)27/h7-8,11,18-19,31H,3-6,9-10,13-14H2,1-2H3/t18-,19?,22+,23+/m0/s1. The summed E-state index contributed by atoms with van der Waals surface area (Å²) in [6.45, 7) is 5.41. The van der Waals surface area contributed by atoms with Crippen LogP contribution in [-0.4, -0.2) is 59.3 Å². The molecule has 0 aromatic heterocycles. The molecule has 2 amide bonds. The number of carbonyl (C=O) groups excluding carboxylic acids is 2. The summed E-state index contributed by atoms with van der Waals surface area (Å²) in [6.07, 6.45) is -1.23. The molecule has 3 aliphatic heterocycles. The number of carbonyl (C=O) groups is 2. The Morgan fingerprint density at radius 2 is 1.68 bits per heavy atom. The first-order valence-corrected chi connectivity index (χ1v) is 11.5. The van der Waals surface area contributed by atoms with E-state index in [1.54, 1.807) is 13.8 Å². The Morgan fingerprint density at radius 1 is 1.09 bits per heavy atom. The normalized spacial score (nSPS) is 31.1. The van der Waals surface area contributed by atoms with E-state index in [9.17, 15) is 22.8 Å². The molecule has 184 valence electrons. The third-order valence-electron chi connectivity index (χ3n) is 7.23. The number of unbranched alkanes of at least 4 members (excludes halogenated alkanes) is 3. The molecule has 10 heteroatoms. The first kappa shape index (κ1) is 24.6. The van der Waals surface area contributed by atoms with Crippen LogP contribution in [0.15, 0.2) is 18.2 Å². The lowest BCUT2D eigenvalue weighted by atomic mass is 9.79. The summed E-state index contributed by atoms with van der Waals surface area (Å²) in [5, 5.41) is 18.0. The van der Waals surface area contributed by atoms with E-state index in [-0.39, 0.29) is 12.3 Å². The molecule has 0 saturated carbocycles. The van der Waals surface area contributed by atoms with Crippen LogP contribution < -0.4 is 4.90 Å². The van der Waals surface area contributed by atoms with E-state index in [1.807, 2.05) is 0 Å². The number of ether oxygens (including phenoxy) is 1. The lowest BCUT2D eigenvalue weighted by Crippen LogP contribution is -2.58. The molecule has 3 fully saturated rings. The van der Waals surface area contributed by atoms with Gasteiger partial charge < -0.3 is 9.84 Å². The number of hydrogen-bond acceptors (Lipinski definition) is 6. The van der Waals surface area contributed by atoms with Gasteiger partial charge >= 0.3 is 6.18 Å². The van der Waals surface area contributed by atoms with Gasteiger partial charge in [-0.15, -0.1) is 0 Å². The highest BCUT2D eigenvalue weighted by molar-refractivity contribution is 6.23. The lowest BCUT2D eigenvalue weighted by Gasteiger charge is -2.45. The molecule has 1 aromatic rings. The van der Waals surface area contributed by atoms with Crippen molar-refractivity contribution < 1.29 is 32.6 Å². The van der Waals surface area contributed by atoms with Gasteiger partial charge in [-0.25, -0.2) is 4.90 Å². The Hall–Kier alpha value is -2.48. The molecule has 0 aliphatic carbocycles. The van der Waals surface area contributed by atoms with Gasteiger partial charge in [0.2, 0.25) is 11.8 Å². The molecule has 0 radical (unpaired) electrons. The highest BCUT2D eigenvalue weighted by Gasteiger charge is 2.71. The number of imide groups is 1. The van der Waals surface area contributed by atoms with E-state index in [0.717, 1.165) is 43.2 Å². The van der Waals surface area contributed by atoms with Crippen LogP contribution in [0.1, 0.15) is 50.7 Å². The molecule has 2 bridgehead atoms. The first-order valence-electron chi connectivity index (χ1n) is 11.5. The monoisotopic (exact) mass is 479 g/mol. The number of morpholine rings is 1. The molecule has 7 nitrogen and oxygen atoms in total. The van der Waals surface area contributed by atoms with Gasteiger partial charge in [-0.3, -0.25) is 14.5 Å². The number of amides is 2. The minimum atomic E-state index is -4.79. The number of aliphatic hydroxyl groups excluding tert-OH is 1. The van der Waals surface area contributed by atoms with Crippen molar-refractivity contribution >= 4 is 17.5 Å². The maximum absolute atomic E-state index is 13.5. The maximum Gasteiger partial charge on any atom is 0.417 e. The average Bonchev–Trinajstić information content (AvgIpc) is 3.12. The van der Waals surface area contributed by atoms with Crippen LogP contribution in [0.25, 0.3) is 0 Å². The smallest absolute Gasteiger partial charge is 0.396 e. The second-order valence-electron chi connectivity index (χ2n) is 9.88. The summed E-state index contributed by atoms with van der Waals surface area (Å²) >= 11 is 0. The number of likely N-dealkylation sites (tertiary alicyclic amines) is 1. The van der Waals surface area contributed by atoms with Crippen LogP contribution in [0.3, 0.4) is 0 Å². The number of benzene rings is 1. The van der Waals surface area contributed by atoms with E-state index in [1.165, 1.54) is 12.1 Å². The highest BCUT2D eigenvalue weighted by Crippen LogP contribution is 2.55. The zero-order valence-corrected chi connectivity index (χ0v) is 19.2. The van der Waals surface area contributed by atoms with Crippen LogP contribution in [0.2, 0.25) is 0 Å². The van der Waals surface area contributed by atoms with Gasteiger partial charge in [0.1, 0.15) is 0 Å². The minimum absolute atomic E-state index is 0.168. The third kappa shape index (κ3) is 4.00. The molecule has 3 aliphatic rings. The van der Waals surface area contributed by atoms with Gasteiger partial charge in [-0.1, -0.05) is 12.8 Å². The van der Waals surface area contributed by atoms with Gasteiger partial charge in [0.15, 0.2) is 0 Å². The van der Waals surface area contributed by atoms with Crippen molar-refractivity contribution in [1.29, 1.82) is 5.26 Å². The van der Waals surface area contributed by atoms with Crippen LogP contribution >= 0.6 is 0 Å². The van der Waals surface area contributed by atoms with Crippen molar-refractivity contribution in [2.24, 2.45) is 11.8 Å². The Balaban J connectivity index is 1.59. The Labute approximate surface area is 196 Å². The second-order valence-corrected chi connectivity index (χ2v) is 9.88. The predicted octanol–water partition coefficient (Wildman–Crippen LogP) is 3.10. The molecule has 3 heterocycles. The number of anilines is 1. The molecule has 4 rings (SSSR count). The minimum Gasteiger partial charge on any atom is -0.396 e. The molecule has 4 atom stereocenters. The number of hydrogen-bond donors (Lipinski definition) is 1. The van der Waals surface area contributed by atoms with Crippen molar-refractivity contribution in [2.45, 2.75) is 56.9 Å². The molecular formula is C24H28F3N3O4. The Bertz CT molecular complexity index is 1000. The number of nitrogens with zero attached hydrogens (tertiary/aromatic N) is 3. The highest BCUT2D eigenvalue weighted by atomic mass is 19.4. The van der Waals surface area contributed by atoms with Gasteiger partial charge in [0.05, 0.1) is 45.9 Å². The van der Waals surface area contributed by atoms with Gasteiger partial charge in [0, 0.05) is 19.7 Å². The van der Waals surface area contributed by atoms with Gasteiger partial charge in [-0.05, 0) is 51.4 Å². The first-order chi connectivity index (χ1) is 15.9. The predicted molar refractivity (Wildman–Crippen MR) is 116 cm³/mol. The molecule has 1 N–H and O–H groups in total. The van der Waals surface area contributed by atoms with Crippen LogP contribution in [0, 0.1) is 23.2 Å². The summed E-state index contributed by atoms with van der Waals surface area (Å²) in [5.41, 5.74) is -3.80. The average molecular weight is 479 g/mol. The summed E-state index contributed by atoms with van der Waals surface area (Å²) in [4.78, 5) is 30.0. The largest absolute Gasteiger partial charge is 0.417 e. The number of fused-ring (bicyclic) bond motifs is 5. The van der Waals surface area contributed by atoms with Crippen molar-refractivity contribution in [1.82, 2.24) is 4.90 Å². The van der Waals surface area contributed by atoms with Gasteiger partial charge in [0.25, 0.3) is 0 Å². The van der Waals surface area contributed by atoms with E-state index < -0.39 is 52.2 Å². The molecule has 1 unspecified atom stereocenters. The number of rotatable bonds is 7. The number of aliphatic hydroxyl groups is 1. The zero-order chi connectivity index (χ0) is 24.9. The van der Waals surface area contributed by atoms with Crippen LogP contribution in [-0.2, 0) is 20.5 Å². The van der Waals surface area contributed by atoms with Crippen molar-refractivity contribution in [3.8, 4) is 6.07 Å². The van der Waals surface area contributed by atoms with Crippen molar-refractivity contribution in [3.63, 3.8) is 0 Å². The van der Waals surface area contributed by atoms with Crippen molar-refractivity contribution in [2.75, 3.05) is 31.1 Å². The van der Waals surface area contributed by atoms with Crippen LogP contribution in [0.4, 0.5) is 18.9 Å². The van der Waals surface area contributed by atoms with E-state index >= 15 is 0 Å². The number of alkyl halides is 3. The summed E-state index contributed by atoms with van der Waals surface area (Å²) in [7, 11) is 0. The molecular weight excluding hydrogens is 451 g/mol. The van der Waals surface area contributed by atoms with E-state index in [4.69, 9.17) is 15.1 Å². The molecule has 0 spiro atoms. The topological polar surface area (TPSA) is 93.9 Å². The Kier molecular flexibility index (Phi) is 6.25. The van der Waals surface area contributed by atoms with E-state index in [2.05, 4.69) is 4.90 Å². The number of halogens is 3. The van der Waals surface area contributed by atoms with E-state index in [0.29, 0.717) is 19.2 Å². The second kappa shape index (κ2) is 8.63. The van der Waals surface area contributed by atoms with Crippen molar-refractivity contribution in [3.05, 3.63) is 29.3 Å². The fourth-order valence-corrected chi connectivity index (χ4v) is 5.98. The quantitative estimate of drug-likeness (QED) is 0.477. The fourth-order valence-electron chi connectivity index (χ4n) is 5.98. The van der Waals surface area contributed by atoms with Gasteiger partial charge in [-0.2, -0.15) is 18.4 Å². The number of nitriles is 1. The molecule has 34 heavy (non-hydrogen) atoms. The summed E-state index contributed by atoms with van der Waals surface area (Å²) in [5.74, 6) is -2.73. The summed E-state index contributed by atoms with van der Waals surface area (Å²) in [6, 6.07) is 4.42. The third-order valence-corrected chi connectivity index (χ3v) is 7.23. The molecule has 1 aromatic carbocycles. The van der Waals surface area contributed by atoms with Crippen LogP contribution in [0.5, 0.6) is 0 Å². The SMILES string of the molecule is C[C@]12CN(CCCCCCO)C[C@@](C)(O1)[C@@H]1C(=O)N(c3ccc(C#N)c(C(F)(F)F)c3)C(=O)C12.